The number of ketones is 1. The Balaban J connectivity index is 1.40. The number of carbonyl (C=O) groups excluding carboxylic acids is 2. The lowest BCUT2D eigenvalue weighted by Gasteiger charge is -2.32. The number of hydrogen-bond donors (Lipinski definition) is 1. The number of Topliss-reactive ketones (excluding diaryl/α,β-unsaturated/α-hetero) is 1. The van der Waals surface area contributed by atoms with Crippen molar-refractivity contribution >= 4 is 40.0 Å². The Labute approximate surface area is 221 Å². The third kappa shape index (κ3) is 5.34. The molecule has 0 spiro atoms. The molecule has 0 radical (unpaired) electrons. The molecule has 1 aromatic carbocycles. The van der Waals surface area contributed by atoms with Crippen molar-refractivity contribution in [3.05, 3.63) is 46.4 Å². The summed E-state index contributed by atoms with van der Waals surface area (Å²) in [5, 5.41) is 4.30. The van der Waals surface area contributed by atoms with Crippen LogP contribution in [0.2, 0.25) is 0 Å². The zero-order valence-corrected chi connectivity index (χ0v) is 22.4. The fourth-order valence-corrected chi connectivity index (χ4v) is 4.97. The molecule has 38 heavy (non-hydrogen) atoms. The van der Waals surface area contributed by atoms with Crippen molar-refractivity contribution in [1.82, 2.24) is 19.4 Å². The van der Waals surface area contributed by atoms with Crippen LogP contribution in [0.4, 0.5) is 17.5 Å². The largest absolute Gasteiger partial charge is 0.480 e. The number of hydrogen-bond acceptors (Lipinski definition) is 8. The molecule has 1 N–H and O–H groups in total. The first-order valence-electron chi connectivity index (χ1n) is 13.1. The van der Waals surface area contributed by atoms with Crippen LogP contribution < -0.4 is 20.5 Å². The van der Waals surface area contributed by atoms with Crippen LogP contribution in [-0.2, 0) is 16.6 Å². The first-order valence-corrected chi connectivity index (χ1v) is 13.1. The van der Waals surface area contributed by atoms with Crippen LogP contribution in [0.1, 0.15) is 44.1 Å². The van der Waals surface area contributed by atoms with Crippen molar-refractivity contribution in [3.8, 4) is 5.75 Å². The van der Waals surface area contributed by atoms with Gasteiger partial charge in [-0.1, -0.05) is 0 Å². The molecule has 5 rings (SSSR count). The molecule has 0 bridgehead atoms. The number of rotatable bonds is 8. The van der Waals surface area contributed by atoms with Crippen LogP contribution in [0.3, 0.4) is 0 Å². The van der Waals surface area contributed by atoms with Gasteiger partial charge in [0.1, 0.15) is 12.4 Å². The lowest BCUT2D eigenvalue weighted by molar-refractivity contribution is -0.133. The number of pyridine rings is 1. The predicted octanol–water partition coefficient (Wildman–Crippen LogP) is 3.22. The Hall–Kier alpha value is -3.95. The maximum atomic E-state index is 12.6. The number of aryl methyl sites for hydroxylation is 1. The number of nitrogens with zero attached hydrogens (tertiary/aromatic N) is 5. The van der Waals surface area contributed by atoms with Crippen molar-refractivity contribution in [2.75, 3.05) is 44.0 Å². The van der Waals surface area contributed by atoms with E-state index in [1.807, 2.05) is 24.4 Å². The summed E-state index contributed by atoms with van der Waals surface area (Å²) in [4.78, 5) is 49.8. The van der Waals surface area contributed by atoms with Gasteiger partial charge >= 0.3 is 0 Å². The van der Waals surface area contributed by atoms with E-state index in [0.29, 0.717) is 11.9 Å². The number of carbonyl (C=O) groups is 2. The van der Waals surface area contributed by atoms with Crippen molar-refractivity contribution in [2.24, 2.45) is 13.0 Å². The van der Waals surface area contributed by atoms with E-state index in [1.165, 1.54) is 11.5 Å². The van der Waals surface area contributed by atoms with E-state index < -0.39 is 0 Å². The summed E-state index contributed by atoms with van der Waals surface area (Å²) in [6.45, 7) is 2.75. The topological polar surface area (TPSA) is 110 Å². The summed E-state index contributed by atoms with van der Waals surface area (Å²) in [6.07, 6.45) is 5.73. The number of amides is 1. The molecule has 10 heteroatoms. The Morgan fingerprint density at radius 3 is 2.53 bits per heavy atom. The molecule has 2 aromatic heterocycles. The summed E-state index contributed by atoms with van der Waals surface area (Å²) in [5.74, 6) is 2.11. The molecule has 3 heterocycles. The lowest BCUT2D eigenvalue weighted by atomic mass is 9.96. The number of aromatic nitrogens is 3. The van der Waals surface area contributed by atoms with E-state index >= 15 is 0 Å². The van der Waals surface area contributed by atoms with E-state index in [0.717, 1.165) is 66.7 Å². The molecule has 0 unspecified atom stereocenters. The summed E-state index contributed by atoms with van der Waals surface area (Å²) in [7, 11) is 5.30. The van der Waals surface area contributed by atoms with Gasteiger partial charge in [0.2, 0.25) is 11.9 Å². The molecule has 2 fully saturated rings. The fraction of sp³-hybridized carbons (Fsp3) is 0.464. The normalized spacial score (nSPS) is 15.9. The molecule has 2 aliphatic rings. The molecule has 1 saturated heterocycles. The average Bonchev–Trinajstić information content (AvgIpc) is 3.75. The minimum absolute atomic E-state index is 0.0439. The van der Waals surface area contributed by atoms with Crippen molar-refractivity contribution in [2.45, 2.75) is 38.5 Å². The maximum absolute atomic E-state index is 12.6. The Morgan fingerprint density at radius 2 is 1.87 bits per heavy atom. The van der Waals surface area contributed by atoms with E-state index in [2.05, 4.69) is 15.2 Å². The number of piperidine rings is 1. The second-order valence-electron chi connectivity index (χ2n) is 10.5. The Bertz CT molecular complexity index is 1440. The van der Waals surface area contributed by atoms with E-state index in [-0.39, 0.29) is 35.5 Å². The predicted molar refractivity (Wildman–Crippen MR) is 146 cm³/mol. The molecular formula is C28H34N6O4. The summed E-state index contributed by atoms with van der Waals surface area (Å²) < 4.78 is 6.99. The quantitative estimate of drug-likeness (QED) is 0.484. The summed E-state index contributed by atoms with van der Waals surface area (Å²) in [6, 6.07) is 7.44. The van der Waals surface area contributed by atoms with Gasteiger partial charge in [0, 0.05) is 63.0 Å². The number of nitrogens with one attached hydrogen (secondary N) is 1. The van der Waals surface area contributed by atoms with E-state index in [1.54, 1.807) is 32.1 Å². The molecular weight excluding hydrogens is 484 g/mol. The van der Waals surface area contributed by atoms with E-state index in [4.69, 9.17) is 9.72 Å². The van der Waals surface area contributed by atoms with Crippen LogP contribution in [0.15, 0.2) is 35.3 Å². The molecule has 1 saturated carbocycles. The highest BCUT2D eigenvalue weighted by atomic mass is 16.5. The van der Waals surface area contributed by atoms with Crippen LogP contribution in [0, 0.1) is 5.92 Å². The molecule has 1 aliphatic heterocycles. The molecule has 0 atom stereocenters. The lowest BCUT2D eigenvalue weighted by Crippen LogP contribution is -2.40. The van der Waals surface area contributed by atoms with Gasteiger partial charge in [-0.3, -0.25) is 14.4 Å². The highest BCUT2D eigenvalue weighted by molar-refractivity contribution is 5.85. The molecule has 3 aromatic rings. The average molecular weight is 519 g/mol. The number of ether oxygens (including phenoxy) is 1. The standard InChI is InChI=1S/C28H34N6O4/c1-17(35)16-38-24-14-20-13-21(7-8-23(20)33(4)27(24)37)30-25-22(18-5-6-18)15-29-28(31-25)34-11-9-19(10-12-34)26(36)32(2)3/h7-8,13-15,18-19H,5-6,9-12,16H2,1-4H3,(H,29,30,31). The minimum atomic E-state index is -0.285. The van der Waals surface area contributed by atoms with Gasteiger partial charge in [-0.05, 0) is 62.8 Å². The first kappa shape index (κ1) is 25.7. The Kier molecular flexibility index (Phi) is 7.05. The van der Waals surface area contributed by atoms with Crippen LogP contribution in [0.5, 0.6) is 5.75 Å². The third-order valence-corrected chi connectivity index (χ3v) is 7.27. The minimum Gasteiger partial charge on any atom is -0.480 e. The van der Waals surface area contributed by atoms with Gasteiger partial charge in [0.15, 0.2) is 11.5 Å². The van der Waals surface area contributed by atoms with Gasteiger partial charge in [-0.2, -0.15) is 4.98 Å². The van der Waals surface area contributed by atoms with Gasteiger partial charge in [-0.25, -0.2) is 4.98 Å². The zero-order valence-electron chi connectivity index (χ0n) is 22.4. The fourth-order valence-electron chi connectivity index (χ4n) is 4.97. The Morgan fingerprint density at radius 1 is 1.13 bits per heavy atom. The third-order valence-electron chi connectivity index (χ3n) is 7.27. The summed E-state index contributed by atoms with van der Waals surface area (Å²) >= 11 is 0. The summed E-state index contributed by atoms with van der Waals surface area (Å²) in [5.41, 5.74) is 2.40. The highest BCUT2D eigenvalue weighted by Crippen LogP contribution is 2.43. The van der Waals surface area contributed by atoms with Gasteiger partial charge < -0.3 is 24.4 Å². The molecule has 1 amide bonds. The monoisotopic (exact) mass is 518 g/mol. The van der Waals surface area contributed by atoms with Crippen LogP contribution in [-0.4, -0.2) is 64.9 Å². The van der Waals surface area contributed by atoms with Crippen molar-refractivity contribution in [3.63, 3.8) is 0 Å². The zero-order chi connectivity index (χ0) is 27.0. The number of anilines is 3. The number of benzene rings is 1. The molecule has 10 nitrogen and oxygen atoms in total. The second-order valence-corrected chi connectivity index (χ2v) is 10.5. The van der Waals surface area contributed by atoms with Gasteiger partial charge in [-0.15, -0.1) is 0 Å². The van der Waals surface area contributed by atoms with Gasteiger partial charge in [0.25, 0.3) is 5.56 Å². The molecule has 200 valence electrons. The van der Waals surface area contributed by atoms with Crippen molar-refractivity contribution < 1.29 is 14.3 Å². The first-order chi connectivity index (χ1) is 18.2. The number of fused-ring (bicyclic) bond motifs is 1. The van der Waals surface area contributed by atoms with Crippen LogP contribution in [0.25, 0.3) is 10.9 Å². The second kappa shape index (κ2) is 10.4. The van der Waals surface area contributed by atoms with Crippen molar-refractivity contribution in [1.29, 1.82) is 0 Å². The molecule has 1 aliphatic carbocycles. The van der Waals surface area contributed by atoms with Gasteiger partial charge in [0.05, 0.1) is 5.52 Å². The maximum Gasteiger partial charge on any atom is 0.293 e. The smallest absolute Gasteiger partial charge is 0.293 e. The van der Waals surface area contributed by atoms with Crippen LogP contribution >= 0.6 is 0 Å². The SMILES string of the molecule is CC(=O)COc1cc2cc(Nc3nc(N4CCC(C(=O)N(C)C)CC4)ncc3C3CC3)ccc2n(C)c1=O. The van der Waals surface area contributed by atoms with E-state index in [9.17, 15) is 14.4 Å². The highest BCUT2D eigenvalue weighted by Gasteiger charge is 2.30.